The van der Waals surface area contributed by atoms with Gasteiger partial charge in [-0.15, -0.1) is 0 Å². The molecular weight excluding hydrogens is 250 g/mol. The molecular formula is C17H27NO2. The fourth-order valence-electron chi connectivity index (χ4n) is 2.53. The molecule has 0 bridgehead atoms. The molecule has 1 atom stereocenters. The number of fused-ring (bicyclic) bond motifs is 1. The van der Waals surface area contributed by atoms with Crippen LogP contribution in [-0.2, 0) is 17.7 Å². The van der Waals surface area contributed by atoms with E-state index in [0.717, 1.165) is 19.5 Å². The lowest BCUT2D eigenvalue weighted by Gasteiger charge is -2.35. The molecule has 3 heteroatoms. The summed E-state index contributed by atoms with van der Waals surface area (Å²) >= 11 is 0. The van der Waals surface area contributed by atoms with Gasteiger partial charge in [-0.3, -0.25) is 4.90 Å². The smallest absolute Gasteiger partial charge is 0.216 e. The molecule has 0 spiro atoms. The SMILES string of the molecule is CC(C)c1ccc2c(c1)CCN(C(O)OC(C)(C)C)C2. The lowest BCUT2D eigenvalue weighted by atomic mass is 9.93. The average molecular weight is 277 g/mol. The van der Waals surface area contributed by atoms with Crippen LogP contribution in [0.5, 0.6) is 0 Å². The van der Waals surface area contributed by atoms with E-state index in [1.807, 2.05) is 25.7 Å². The number of benzene rings is 1. The minimum absolute atomic E-state index is 0.332. The van der Waals surface area contributed by atoms with E-state index >= 15 is 0 Å². The van der Waals surface area contributed by atoms with Gasteiger partial charge in [-0.1, -0.05) is 32.0 Å². The van der Waals surface area contributed by atoms with E-state index in [9.17, 15) is 5.11 Å². The summed E-state index contributed by atoms with van der Waals surface area (Å²) in [4.78, 5) is 1.99. The Morgan fingerprint density at radius 2 is 1.90 bits per heavy atom. The fourth-order valence-corrected chi connectivity index (χ4v) is 2.53. The van der Waals surface area contributed by atoms with Gasteiger partial charge >= 0.3 is 0 Å². The predicted octanol–water partition coefficient (Wildman–Crippen LogP) is 3.26. The first-order valence-electron chi connectivity index (χ1n) is 7.48. The molecule has 0 radical (unpaired) electrons. The molecule has 3 nitrogen and oxygen atoms in total. The number of rotatable bonds is 3. The van der Waals surface area contributed by atoms with E-state index in [1.165, 1.54) is 16.7 Å². The predicted molar refractivity (Wildman–Crippen MR) is 81.5 cm³/mol. The molecule has 2 rings (SSSR count). The van der Waals surface area contributed by atoms with Crippen molar-refractivity contribution in [2.75, 3.05) is 6.54 Å². The van der Waals surface area contributed by atoms with Crippen LogP contribution in [0, 0.1) is 0 Å². The van der Waals surface area contributed by atoms with Gasteiger partial charge in [0.1, 0.15) is 0 Å². The topological polar surface area (TPSA) is 32.7 Å². The van der Waals surface area contributed by atoms with E-state index in [1.54, 1.807) is 0 Å². The minimum Gasteiger partial charge on any atom is -0.356 e. The zero-order chi connectivity index (χ0) is 14.9. The lowest BCUT2D eigenvalue weighted by Crippen LogP contribution is -2.44. The highest BCUT2D eigenvalue weighted by atomic mass is 16.6. The summed E-state index contributed by atoms with van der Waals surface area (Å²) in [6, 6.07) is 6.71. The number of hydrogen-bond acceptors (Lipinski definition) is 3. The molecule has 0 amide bonds. The summed E-state index contributed by atoms with van der Waals surface area (Å²) in [7, 11) is 0. The van der Waals surface area contributed by atoms with E-state index in [2.05, 4.69) is 32.0 Å². The second-order valence-electron chi connectivity index (χ2n) is 6.96. The Balaban J connectivity index is 2.08. The van der Waals surface area contributed by atoms with Crippen LogP contribution in [0.3, 0.4) is 0 Å². The maximum Gasteiger partial charge on any atom is 0.216 e. The van der Waals surface area contributed by atoms with Crippen LogP contribution in [-0.4, -0.2) is 28.6 Å². The van der Waals surface area contributed by atoms with E-state index in [4.69, 9.17) is 4.74 Å². The van der Waals surface area contributed by atoms with Crippen LogP contribution in [0.1, 0.15) is 57.2 Å². The van der Waals surface area contributed by atoms with Crippen LogP contribution in [0.25, 0.3) is 0 Å². The molecule has 0 aromatic heterocycles. The molecule has 20 heavy (non-hydrogen) atoms. The normalized spacial score (nSPS) is 18.1. The van der Waals surface area contributed by atoms with Gasteiger partial charge in [-0.2, -0.15) is 0 Å². The van der Waals surface area contributed by atoms with Crippen molar-refractivity contribution in [2.45, 2.75) is 65.5 Å². The van der Waals surface area contributed by atoms with Crippen LogP contribution in [0.2, 0.25) is 0 Å². The molecule has 1 aliphatic heterocycles. The van der Waals surface area contributed by atoms with Crippen LogP contribution in [0.4, 0.5) is 0 Å². The minimum atomic E-state index is -0.826. The largest absolute Gasteiger partial charge is 0.356 e. The third-order valence-corrected chi connectivity index (χ3v) is 3.71. The molecule has 0 fully saturated rings. The Bertz CT molecular complexity index is 463. The van der Waals surface area contributed by atoms with Crippen molar-refractivity contribution in [3.05, 3.63) is 34.9 Å². The van der Waals surface area contributed by atoms with Gasteiger partial charge < -0.3 is 9.84 Å². The zero-order valence-electron chi connectivity index (χ0n) is 13.3. The quantitative estimate of drug-likeness (QED) is 0.861. The summed E-state index contributed by atoms with van der Waals surface area (Å²) in [5.74, 6) is 0.563. The van der Waals surface area contributed by atoms with Gasteiger partial charge in [0.05, 0.1) is 5.60 Å². The second-order valence-corrected chi connectivity index (χ2v) is 6.96. The highest BCUT2D eigenvalue weighted by Gasteiger charge is 2.26. The number of ether oxygens (including phenoxy) is 1. The van der Waals surface area contributed by atoms with Crippen molar-refractivity contribution in [1.82, 2.24) is 4.90 Å². The Morgan fingerprint density at radius 1 is 1.20 bits per heavy atom. The highest BCUT2D eigenvalue weighted by Crippen LogP contribution is 2.25. The third-order valence-electron chi connectivity index (χ3n) is 3.71. The standard InChI is InChI=1S/C17H27NO2/c1-12(2)13-6-7-15-11-18(9-8-14(15)10-13)16(19)20-17(3,4)5/h6-7,10,12,16,19H,8-9,11H2,1-5H3. The monoisotopic (exact) mass is 277 g/mol. The summed E-state index contributed by atoms with van der Waals surface area (Å²) in [6.45, 7) is 11.9. The first kappa shape index (κ1) is 15.5. The van der Waals surface area contributed by atoms with Crippen LogP contribution >= 0.6 is 0 Å². The molecule has 1 heterocycles. The number of nitrogens with zero attached hydrogens (tertiary/aromatic N) is 1. The van der Waals surface area contributed by atoms with Crippen molar-refractivity contribution in [3.63, 3.8) is 0 Å². The van der Waals surface area contributed by atoms with Crippen molar-refractivity contribution in [1.29, 1.82) is 0 Å². The molecule has 0 saturated heterocycles. The summed E-state index contributed by atoms with van der Waals surface area (Å²) in [5, 5.41) is 10.2. The molecule has 1 aliphatic rings. The molecule has 0 saturated carbocycles. The Hall–Kier alpha value is -0.900. The van der Waals surface area contributed by atoms with Crippen molar-refractivity contribution < 1.29 is 9.84 Å². The third kappa shape index (κ3) is 3.81. The Labute approximate surface area is 122 Å². The summed E-state index contributed by atoms with van der Waals surface area (Å²) in [6.07, 6.45) is 0.147. The average Bonchev–Trinajstić information content (AvgIpc) is 2.35. The van der Waals surface area contributed by atoms with E-state index in [-0.39, 0.29) is 5.60 Å². The zero-order valence-corrected chi connectivity index (χ0v) is 13.3. The van der Waals surface area contributed by atoms with Gasteiger partial charge in [0.25, 0.3) is 0 Å². The van der Waals surface area contributed by atoms with Crippen LogP contribution < -0.4 is 0 Å². The highest BCUT2D eigenvalue weighted by molar-refractivity contribution is 5.35. The number of hydrogen-bond donors (Lipinski definition) is 1. The molecule has 1 unspecified atom stereocenters. The maximum atomic E-state index is 10.2. The van der Waals surface area contributed by atoms with Gasteiger partial charge in [0.2, 0.25) is 6.41 Å². The number of aliphatic hydroxyl groups excluding tert-OH is 1. The first-order chi connectivity index (χ1) is 9.26. The van der Waals surface area contributed by atoms with Gasteiger partial charge in [-0.25, -0.2) is 0 Å². The van der Waals surface area contributed by atoms with Gasteiger partial charge in [-0.05, 0) is 49.8 Å². The van der Waals surface area contributed by atoms with Crippen LogP contribution in [0.15, 0.2) is 18.2 Å². The van der Waals surface area contributed by atoms with E-state index < -0.39 is 6.41 Å². The molecule has 0 aliphatic carbocycles. The second kappa shape index (κ2) is 5.84. The van der Waals surface area contributed by atoms with Crippen molar-refractivity contribution in [2.24, 2.45) is 0 Å². The van der Waals surface area contributed by atoms with E-state index in [0.29, 0.717) is 5.92 Å². The lowest BCUT2D eigenvalue weighted by molar-refractivity contribution is -0.242. The Morgan fingerprint density at radius 3 is 2.50 bits per heavy atom. The summed E-state index contributed by atoms with van der Waals surface area (Å²) in [5.41, 5.74) is 3.78. The maximum absolute atomic E-state index is 10.2. The Kier molecular flexibility index (Phi) is 4.52. The van der Waals surface area contributed by atoms with Gasteiger partial charge in [0.15, 0.2) is 0 Å². The number of aliphatic hydroxyl groups is 1. The van der Waals surface area contributed by atoms with Gasteiger partial charge in [0, 0.05) is 13.1 Å². The fraction of sp³-hybridized carbons (Fsp3) is 0.647. The van der Waals surface area contributed by atoms with Crippen molar-refractivity contribution in [3.8, 4) is 0 Å². The molecule has 1 aromatic carbocycles. The molecule has 112 valence electrons. The molecule has 1 aromatic rings. The first-order valence-corrected chi connectivity index (χ1v) is 7.48. The molecule has 1 N–H and O–H groups in total. The summed E-state index contributed by atoms with van der Waals surface area (Å²) < 4.78 is 5.64. The van der Waals surface area contributed by atoms with Crippen molar-refractivity contribution >= 4 is 0 Å².